The number of hydrogen-bond acceptors (Lipinski definition) is 5. The van der Waals surface area contributed by atoms with Crippen LogP contribution in [-0.2, 0) is 11.3 Å². The second kappa shape index (κ2) is 8.96. The van der Waals surface area contributed by atoms with E-state index in [1.807, 2.05) is 53.5 Å². The molecule has 4 aromatic rings. The van der Waals surface area contributed by atoms with E-state index in [0.717, 1.165) is 54.9 Å². The molecule has 3 heterocycles. The molecule has 1 aliphatic heterocycles. The number of thiazole rings is 1. The summed E-state index contributed by atoms with van der Waals surface area (Å²) in [7, 11) is 0. The summed E-state index contributed by atoms with van der Waals surface area (Å²) in [5, 5.41) is 6.32. The van der Waals surface area contributed by atoms with E-state index >= 15 is 0 Å². The molecule has 1 fully saturated rings. The Balaban J connectivity index is 1.23. The smallest absolute Gasteiger partial charge is 0.228 e. The standard InChI is InChI=1S/C25H24N4OS/c30-25(28-21-10-8-18(9-11-21)24-16-31-17-27-24)20-5-3-13-29(15-20)14-19-4-1-7-23-22(19)6-2-12-26-23/h1-2,4,6-12,16-17,20H,3,5,13-15H2,(H,28,30). The van der Waals surface area contributed by atoms with Crippen LogP contribution in [0.4, 0.5) is 5.69 Å². The summed E-state index contributed by atoms with van der Waals surface area (Å²) in [5.41, 5.74) is 6.98. The van der Waals surface area contributed by atoms with E-state index < -0.39 is 0 Å². The lowest BCUT2D eigenvalue weighted by molar-refractivity contribution is -0.121. The average molecular weight is 429 g/mol. The van der Waals surface area contributed by atoms with Gasteiger partial charge in [-0.05, 0) is 49.2 Å². The average Bonchev–Trinajstić information content (AvgIpc) is 3.35. The topological polar surface area (TPSA) is 58.1 Å². The van der Waals surface area contributed by atoms with Crippen LogP contribution in [0, 0.1) is 5.92 Å². The van der Waals surface area contributed by atoms with Gasteiger partial charge >= 0.3 is 0 Å². The molecule has 0 spiro atoms. The van der Waals surface area contributed by atoms with Gasteiger partial charge in [0.15, 0.2) is 0 Å². The second-order valence-electron chi connectivity index (χ2n) is 8.00. The van der Waals surface area contributed by atoms with E-state index in [1.54, 1.807) is 11.3 Å². The first-order chi connectivity index (χ1) is 15.3. The molecule has 1 unspecified atom stereocenters. The summed E-state index contributed by atoms with van der Waals surface area (Å²) in [6.45, 7) is 2.64. The Bertz CT molecular complexity index is 1170. The molecule has 1 aliphatic rings. The van der Waals surface area contributed by atoms with E-state index in [1.165, 1.54) is 10.9 Å². The lowest BCUT2D eigenvalue weighted by Crippen LogP contribution is -2.40. The predicted molar refractivity (Wildman–Crippen MR) is 126 cm³/mol. The summed E-state index contributed by atoms with van der Waals surface area (Å²) in [6, 6.07) is 18.3. The highest BCUT2D eigenvalue weighted by Gasteiger charge is 2.26. The number of nitrogens with one attached hydrogen (secondary N) is 1. The molecule has 31 heavy (non-hydrogen) atoms. The summed E-state index contributed by atoms with van der Waals surface area (Å²) in [5.74, 6) is 0.103. The molecule has 0 aliphatic carbocycles. The number of carbonyl (C=O) groups excluding carboxylic acids is 1. The Morgan fingerprint density at radius 1 is 1.10 bits per heavy atom. The van der Waals surface area contributed by atoms with Crippen LogP contribution in [0.5, 0.6) is 0 Å². The van der Waals surface area contributed by atoms with Crippen LogP contribution in [0.25, 0.3) is 22.2 Å². The van der Waals surface area contributed by atoms with Gasteiger partial charge in [-0.1, -0.05) is 30.3 Å². The molecule has 0 saturated carbocycles. The van der Waals surface area contributed by atoms with Crippen molar-refractivity contribution in [1.29, 1.82) is 0 Å². The molecule has 1 N–H and O–H groups in total. The molecular formula is C25H24N4OS. The van der Waals surface area contributed by atoms with Gasteiger partial charge in [-0.15, -0.1) is 11.3 Å². The van der Waals surface area contributed by atoms with Gasteiger partial charge in [0.2, 0.25) is 5.91 Å². The third kappa shape index (κ3) is 4.50. The number of likely N-dealkylation sites (tertiary alicyclic amines) is 1. The minimum atomic E-state index is 0.0000633. The van der Waals surface area contributed by atoms with E-state index in [9.17, 15) is 4.79 Å². The Morgan fingerprint density at radius 2 is 2.00 bits per heavy atom. The number of pyridine rings is 1. The summed E-state index contributed by atoms with van der Waals surface area (Å²) in [6.07, 6.45) is 3.79. The fourth-order valence-electron chi connectivity index (χ4n) is 4.28. The molecule has 5 nitrogen and oxygen atoms in total. The number of rotatable bonds is 5. The number of amides is 1. The van der Waals surface area contributed by atoms with Crippen molar-refractivity contribution in [3.63, 3.8) is 0 Å². The first-order valence-electron chi connectivity index (χ1n) is 10.6. The van der Waals surface area contributed by atoms with E-state index in [2.05, 4.69) is 38.4 Å². The Kier molecular flexibility index (Phi) is 5.74. The molecule has 156 valence electrons. The van der Waals surface area contributed by atoms with Crippen molar-refractivity contribution in [2.24, 2.45) is 5.92 Å². The second-order valence-corrected chi connectivity index (χ2v) is 8.72. The number of piperidine rings is 1. The fourth-order valence-corrected chi connectivity index (χ4v) is 4.84. The van der Waals surface area contributed by atoms with Gasteiger partial charge < -0.3 is 5.32 Å². The van der Waals surface area contributed by atoms with E-state index in [4.69, 9.17) is 0 Å². The largest absolute Gasteiger partial charge is 0.326 e. The summed E-state index contributed by atoms with van der Waals surface area (Å²) < 4.78 is 0. The first kappa shape index (κ1) is 19.8. The molecular weight excluding hydrogens is 404 g/mol. The molecule has 1 atom stereocenters. The SMILES string of the molecule is O=C(Nc1ccc(-c2cscn2)cc1)C1CCCN(Cc2cccc3ncccc23)C1. The third-order valence-corrected chi connectivity index (χ3v) is 6.47. The van der Waals surface area contributed by atoms with Crippen LogP contribution in [0.2, 0.25) is 0 Å². The molecule has 0 bridgehead atoms. The van der Waals surface area contributed by atoms with Gasteiger partial charge in [0.05, 0.1) is 22.6 Å². The zero-order chi connectivity index (χ0) is 21.0. The molecule has 0 radical (unpaired) electrons. The molecule has 5 rings (SSSR count). The van der Waals surface area contributed by atoms with Gasteiger partial charge in [-0.3, -0.25) is 14.7 Å². The van der Waals surface area contributed by atoms with Crippen LogP contribution in [-0.4, -0.2) is 33.9 Å². The Labute approximate surface area is 185 Å². The zero-order valence-corrected chi connectivity index (χ0v) is 18.0. The number of hydrogen-bond donors (Lipinski definition) is 1. The van der Waals surface area contributed by atoms with Crippen molar-refractivity contribution < 1.29 is 4.79 Å². The Morgan fingerprint density at radius 3 is 2.84 bits per heavy atom. The van der Waals surface area contributed by atoms with Gasteiger partial charge in [0.1, 0.15) is 0 Å². The van der Waals surface area contributed by atoms with Gasteiger partial charge in [-0.25, -0.2) is 4.98 Å². The lowest BCUT2D eigenvalue weighted by atomic mass is 9.96. The predicted octanol–water partition coefficient (Wildman–Crippen LogP) is 5.21. The van der Waals surface area contributed by atoms with Crippen LogP contribution >= 0.6 is 11.3 Å². The number of fused-ring (bicyclic) bond motifs is 1. The van der Waals surface area contributed by atoms with Crippen molar-refractivity contribution >= 4 is 33.8 Å². The fraction of sp³-hybridized carbons (Fsp3) is 0.240. The molecule has 6 heteroatoms. The molecule has 1 saturated heterocycles. The van der Waals surface area contributed by atoms with Gasteiger partial charge in [0.25, 0.3) is 0 Å². The maximum atomic E-state index is 12.9. The van der Waals surface area contributed by atoms with E-state index in [0.29, 0.717) is 0 Å². The summed E-state index contributed by atoms with van der Waals surface area (Å²) in [4.78, 5) is 24.1. The van der Waals surface area contributed by atoms with Crippen LogP contribution in [0.1, 0.15) is 18.4 Å². The highest BCUT2D eigenvalue weighted by molar-refractivity contribution is 7.07. The highest BCUT2D eigenvalue weighted by atomic mass is 32.1. The van der Waals surface area contributed by atoms with Crippen molar-refractivity contribution in [3.05, 3.63) is 77.2 Å². The van der Waals surface area contributed by atoms with Crippen molar-refractivity contribution in [2.75, 3.05) is 18.4 Å². The molecule has 2 aromatic carbocycles. The maximum Gasteiger partial charge on any atom is 0.228 e. The minimum Gasteiger partial charge on any atom is -0.326 e. The van der Waals surface area contributed by atoms with E-state index in [-0.39, 0.29) is 11.8 Å². The quantitative estimate of drug-likeness (QED) is 0.474. The van der Waals surface area contributed by atoms with Crippen molar-refractivity contribution in [3.8, 4) is 11.3 Å². The monoisotopic (exact) mass is 428 g/mol. The highest BCUT2D eigenvalue weighted by Crippen LogP contribution is 2.25. The third-order valence-electron chi connectivity index (χ3n) is 5.89. The molecule has 2 aromatic heterocycles. The first-order valence-corrected chi connectivity index (χ1v) is 11.5. The van der Waals surface area contributed by atoms with Crippen LogP contribution in [0.15, 0.2) is 71.7 Å². The van der Waals surface area contributed by atoms with Gasteiger partial charge in [-0.2, -0.15) is 0 Å². The number of carbonyl (C=O) groups is 1. The number of nitrogens with zero attached hydrogens (tertiary/aromatic N) is 3. The Hall–Kier alpha value is -3.09. The normalized spacial score (nSPS) is 17.0. The summed E-state index contributed by atoms with van der Waals surface area (Å²) >= 11 is 1.58. The van der Waals surface area contributed by atoms with Crippen molar-refractivity contribution in [2.45, 2.75) is 19.4 Å². The van der Waals surface area contributed by atoms with Crippen molar-refractivity contribution in [1.82, 2.24) is 14.9 Å². The zero-order valence-electron chi connectivity index (χ0n) is 17.2. The number of benzene rings is 2. The lowest BCUT2D eigenvalue weighted by Gasteiger charge is -2.32. The number of anilines is 1. The van der Waals surface area contributed by atoms with Crippen LogP contribution < -0.4 is 5.32 Å². The molecule has 1 amide bonds. The van der Waals surface area contributed by atoms with Crippen LogP contribution in [0.3, 0.4) is 0 Å². The van der Waals surface area contributed by atoms with Gasteiger partial charge in [0, 0.05) is 41.3 Å². The maximum absolute atomic E-state index is 12.9. The number of aromatic nitrogens is 2. The minimum absolute atomic E-state index is 0.0000633.